The molecule has 1 saturated heterocycles. The summed E-state index contributed by atoms with van der Waals surface area (Å²) in [5.41, 5.74) is 4.43. The number of carboxylic acid groups (broad SMARTS) is 1. The van der Waals surface area contributed by atoms with E-state index < -0.39 is 5.97 Å². The Morgan fingerprint density at radius 1 is 1.24 bits per heavy atom. The molecule has 4 rings (SSSR count). The highest BCUT2D eigenvalue weighted by Gasteiger charge is 2.32. The number of hydrogen-bond acceptors (Lipinski definition) is 6. The molecule has 176 valence electrons. The zero-order valence-electron chi connectivity index (χ0n) is 18.7. The lowest BCUT2D eigenvalue weighted by Gasteiger charge is -2.37. The first-order valence-corrected chi connectivity index (χ1v) is 11.9. The lowest BCUT2D eigenvalue weighted by atomic mass is 9.95. The van der Waals surface area contributed by atoms with Gasteiger partial charge in [-0.2, -0.15) is 0 Å². The lowest BCUT2D eigenvalue weighted by molar-refractivity contribution is -0.147. The van der Waals surface area contributed by atoms with Gasteiger partial charge in [0.25, 0.3) is 0 Å². The molecule has 2 aromatic carbocycles. The van der Waals surface area contributed by atoms with E-state index in [1.165, 1.54) is 22.5 Å². The summed E-state index contributed by atoms with van der Waals surface area (Å²) >= 11 is 7.94. The van der Waals surface area contributed by atoms with Gasteiger partial charge in [-0.3, -0.25) is 9.69 Å². The van der Waals surface area contributed by atoms with E-state index in [4.69, 9.17) is 21.4 Å². The highest BCUT2D eigenvalue weighted by Crippen LogP contribution is 2.36. The first kappa shape index (κ1) is 25.4. The molecule has 33 heavy (non-hydrogen) atoms. The van der Waals surface area contributed by atoms with Crippen LogP contribution in [0.4, 0.5) is 0 Å². The van der Waals surface area contributed by atoms with Gasteiger partial charge in [0.15, 0.2) is 0 Å². The Labute approximate surface area is 209 Å². The Morgan fingerprint density at radius 3 is 2.61 bits per heavy atom. The zero-order valence-corrected chi connectivity index (χ0v) is 21.1. The number of carboxylic acids is 1. The number of carbonyl (C=O) groups is 1. The third-order valence-electron chi connectivity index (χ3n) is 5.52. The summed E-state index contributed by atoms with van der Waals surface area (Å²) < 4.78 is 5.72. The second kappa shape index (κ2) is 10.8. The smallest absolute Gasteiger partial charge is 0.309 e. The average Bonchev–Trinajstić information content (AvgIpc) is 3.21. The summed E-state index contributed by atoms with van der Waals surface area (Å²) in [7, 11) is 0. The summed E-state index contributed by atoms with van der Waals surface area (Å²) in [5.74, 6) is -0.304. The molecule has 3 aromatic rings. The van der Waals surface area contributed by atoms with E-state index in [1.54, 1.807) is 0 Å². The largest absolute Gasteiger partial charge is 0.489 e. The van der Waals surface area contributed by atoms with E-state index in [-0.39, 0.29) is 24.4 Å². The van der Waals surface area contributed by atoms with Crippen LogP contribution in [-0.2, 0) is 17.8 Å². The molecule has 0 spiro atoms. The maximum absolute atomic E-state index is 11.1. The summed E-state index contributed by atoms with van der Waals surface area (Å²) in [4.78, 5) is 13.3. The number of benzene rings is 2. The van der Waals surface area contributed by atoms with Gasteiger partial charge in [-0.25, -0.2) is 0 Å². The van der Waals surface area contributed by atoms with Gasteiger partial charge in [0, 0.05) is 30.8 Å². The molecule has 0 saturated carbocycles. The van der Waals surface area contributed by atoms with Gasteiger partial charge in [0.05, 0.1) is 17.0 Å². The first-order chi connectivity index (χ1) is 15.4. The maximum atomic E-state index is 11.1. The molecule has 1 N–H and O–H groups in total. The minimum absolute atomic E-state index is 0. The van der Waals surface area contributed by atoms with Gasteiger partial charge >= 0.3 is 5.97 Å². The number of halogens is 2. The van der Waals surface area contributed by atoms with E-state index >= 15 is 0 Å². The molecule has 9 heteroatoms. The van der Waals surface area contributed by atoms with Gasteiger partial charge in [0.1, 0.15) is 15.8 Å². The van der Waals surface area contributed by atoms with E-state index in [2.05, 4.69) is 34.2 Å². The molecule has 2 heterocycles. The van der Waals surface area contributed by atoms with Crippen LogP contribution in [0.5, 0.6) is 5.75 Å². The molecule has 6 nitrogen and oxygen atoms in total. The summed E-state index contributed by atoms with van der Waals surface area (Å²) in [5, 5.41) is 20.2. The fourth-order valence-corrected chi connectivity index (χ4v) is 5.05. The van der Waals surface area contributed by atoms with Crippen LogP contribution >= 0.6 is 35.3 Å². The van der Waals surface area contributed by atoms with Gasteiger partial charge in [0.2, 0.25) is 0 Å². The molecule has 0 unspecified atom stereocenters. The second-order valence-electron chi connectivity index (χ2n) is 8.25. The second-order valence-corrected chi connectivity index (χ2v) is 9.63. The van der Waals surface area contributed by atoms with Crippen molar-refractivity contribution < 1.29 is 14.6 Å². The van der Waals surface area contributed by atoms with Crippen LogP contribution < -0.4 is 4.74 Å². The van der Waals surface area contributed by atoms with Crippen LogP contribution in [0, 0.1) is 5.92 Å². The predicted octanol–water partition coefficient (Wildman–Crippen LogP) is 5.81. The van der Waals surface area contributed by atoms with Crippen molar-refractivity contribution in [1.29, 1.82) is 0 Å². The van der Waals surface area contributed by atoms with Crippen molar-refractivity contribution in [3.05, 3.63) is 52.5 Å². The normalized spacial score (nSPS) is 14.1. The molecule has 1 fully saturated rings. The number of likely N-dealkylation sites (tertiary alicyclic amines) is 1. The van der Waals surface area contributed by atoms with Crippen LogP contribution in [-0.4, -0.2) is 45.4 Å². The molecule has 1 aromatic heterocycles. The van der Waals surface area contributed by atoms with Crippen molar-refractivity contribution >= 4 is 41.3 Å². The fraction of sp³-hybridized carbons (Fsp3) is 0.375. The van der Waals surface area contributed by atoms with Crippen LogP contribution in [0.2, 0.25) is 5.02 Å². The Hall–Kier alpha value is -2.19. The molecule has 0 radical (unpaired) electrons. The van der Waals surface area contributed by atoms with E-state index in [1.807, 2.05) is 38.1 Å². The number of hydrogen-bond donors (Lipinski definition) is 1. The highest BCUT2D eigenvalue weighted by atomic mass is 35.5. The lowest BCUT2D eigenvalue weighted by Crippen LogP contribution is -2.49. The SMILES string of the molecule is CCc1c(CN2CC(C(=O)O)C2)cccc1-c1nnc(-c2ccc(OC(C)C)c(Cl)c2)s1.Cl. The van der Waals surface area contributed by atoms with E-state index in [9.17, 15) is 4.79 Å². The Morgan fingerprint density at radius 2 is 1.97 bits per heavy atom. The van der Waals surface area contributed by atoms with Crippen molar-refractivity contribution in [3.63, 3.8) is 0 Å². The zero-order chi connectivity index (χ0) is 22.8. The first-order valence-electron chi connectivity index (χ1n) is 10.7. The summed E-state index contributed by atoms with van der Waals surface area (Å²) in [6.45, 7) is 8.01. The Balaban J connectivity index is 0.00000306. The van der Waals surface area contributed by atoms with Crippen molar-refractivity contribution in [1.82, 2.24) is 15.1 Å². The van der Waals surface area contributed by atoms with Crippen molar-refractivity contribution in [2.24, 2.45) is 5.92 Å². The fourth-order valence-electron chi connectivity index (χ4n) is 3.93. The monoisotopic (exact) mass is 507 g/mol. The molecule has 0 atom stereocenters. The quantitative estimate of drug-likeness (QED) is 0.414. The minimum atomic E-state index is -0.712. The third kappa shape index (κ3) is 5.66. The minimum Gasteiger partial charge on any atom is -0.489 e. The topological polar surface area (TPSA) is 75.6 Å². The van der Waals surface area contributed by atoms with Crippen molar-refractivity contribution in [3.8, 4) is 26.9 Å². The van der Waals surface area contributed by atoms with Crippen molar-refractivity contribution in [2.75, 3.05) is 13.1 Å². The van der Waals surface area contributed by atoms with Gasteiger partial charge in [-0.1, -0.05) is 48.1 Å². The average molecular weight is 508 g/mol. The molecular weight excluding hydrogens is 481 g/mol. The van der Waals surface area contributed by atoms with Crippen LogP contribution in [0.1, 0.15) is 31.9 Å². The number of aromatic nitrogens is 2. The summed E-state index contributed by atoms with van der Waals surface area (Å²) in [6, 6.07) is 11.9. The van der Waals surface area contributed by atoms with Gasteiger partial charge in [-0.15, -0.1) is 22.6 Å². The number of ether oxygens (including phenoxy) is 1. The van der Waals surface area contributed by atoms with Crippen molar-refractivity contribution in [2.45, 2.75) is 39.8 Å². The van der Waals surface area contributed by atoms with Crippen LogP contribution in [0.15, 0.2) is 36.4 Å². The Kier molecular flexibility index (Phi) is 8.34. The van der Waals surface area contributed by atoms with Crippen LogP contribution in [0.25, 0.3) is 21.1 Å². The molecule has 0 bridgehead atoms. The number of nitrogens with zero attached hydrogens (tertiary/aromatic N) is 3. The predicted molar refractivity (Wildman–Crippen MR) is 135 cm³/mol. The highest BCUT2D eigenvalue weighted by molar-refractivity contribution is 7.17. The molecular formula is C24H27Cl2N3O3S. The molecule has 1 aliphatic heterocycles. The number of rotatable bonds is 8. The van der Waals surface area contributed by atoms with Crippen LogP contribution in [0.3, 0.4) is 0 Å². The van der Waals surface area contributed by atoms with E-state index in [0.717, 1.165) is 34.1 Å². The summed E-state index contributed by atoms with van der Waals surface area (Å²) in [6.07, 6.45) is 0.918. The Bertz CT molecular complexity index is 1130. The van der Waals surface area contributed by atoms with Gasteiger partial charge < -0.3 is 9.84 Å². The van der Waals surface area contributed by atoms with Gasteiger partial charge in [-0.05, 0) is 49.6 Å². The molecule has 1 aliphatic rings. The number of aliphatic carboxylic acids is 1. The maximum Gasteiger partial charge on any atom is 0.309 e. The van der Waals surface area contributed by atoms with E-state index in [0.29, 0.717) is 23.9 Å². The molecule has 0 amide bonds. The third-order valence-corrected chi connectivity index (χ3v) is 6.82. The standard InChI is InChI=1S/C24H26ClN3O3S.ClH/c1-4-18-16(11-28-12-17(13-28)24(29)30)6-5-7-19(18)23-27-26-22(32-23)15-8-9-21(20(25)10-15)31-14(2)3;/h5-10,14,17H,4,11-13H2,1-3H3,(H,29,30);1H. The molecule has 0 aliphatic carbocycles.